The molecule has 0 saturated heterocycles. The van der Waals surface area contributed by atoms with E-state index >= 15 is 0 Å². The Morgan fingerprint density at radius 2 is 1.83 bits per heavy atom. The van der Waals surface area contributed by atoms with Gasteiger partial charge in [0.25, 0.3) is 0 Å². The van der Waals surface area contributed by atoms with Gasteiger partial charge in [-0.25, -0.2) is 0 Å². The second kappa shape index (κ2) is 9.38. The average molecular weight is 477 g/mol. The third-order valence-corrected chi connectivity index (χ3v) is 7.15. The molecular weight excluding hydrogens is 448 g/mol. The standard InChI is InChI=1S/C30H28N4O2/c1-36-23-13-11-21(12-14-23)30-26(25-9-4-5-10-27(25)32-30)15-16-29(35)33-19-22-7-2-3-8-24(22)28(20-33)34-18-6-17-31-34/h2-14,17-18,28,32H,15-16,19-20H2,1H3. The number of aryl methyl sites for hydroxylation is 1. The van der Waals surface area contributed by atoms with Crippen LogP contribution in [0.4, 0.5) is 0 Å². The van der Waals surface area contributed by atoms with E-state index in [1.165, 1.54) is 16.7 Å². The molecule has 1 amide bonds. The van der Waals surface area contributed by atoms with E-state index in [4.69, 9.17) is 4.74 Å². The minimum Gasteiger partial charge on any atom is -0.497 e. The van der Waals surface area contributed by atoms with Gasteiger partial charge in [-0.15, -0.1) is 0 Å². The molecule has 0 fully saturated rings. The third-order valence-electron chi connectivity index (χ3n) is 7.15. The van der Waals surface area contributed by atoms with Gasteiger partial charge in [-0.05, 0) is 65.1 Å². The predicted octanol–water partition coefficient (Wildman–Crippen LogP) is 5.60. The van der Waals surface area contributed by atoms with E-state index in [-0.39, 0.29) is 11.9 Å². The number of hydrogen-bond acceptors (Lipinski definition) is 3. The van der Waals surface area contributed by atoms with Crippen LogP contribution in [-0.4, -0.2) is 39.2 Å². The van der Waals surface area contributed by atoms with Crippen molar-refractivity contribution in [3.63, 3.8) is 0 Å². The molecule has 0 radical (unpaired) electrons. The van der Waals surface area contributed by atoms with Crippen LogP contribution in [0.5, 0.6) is 5.75 Å². The SMILES string of the molecule is COc1ccc(-c2[nH]c3ccccc3c2CCC(=O)N2Cc3ccccc3C(n3cccn3)C2)cc1. The fraction of sp³-hybridized carbons (Fsp3) is 0.200. The number of amides is 1. The van der Waals surface area contributed by atoms with Crippen LogP contribution >= 0.6 is 0 Å². The number of nitrogens with one attached hydrogen (secondary N) is 1. The Morgan fingerprint density at radius 3 is 2.64 bits per heavy atom. The minimum absolute atomic E-state index is 0.0249. The molecular formula is C30H28N4O2. The van der Waals surface area contributed by atoms with Gasteiger partial charge in [0.15, 0.2) is 0 Å². The first-order valence-corrected chi connectivity index (χ1v) is 12.3. The van der Waals surface area contributed by atoms with E-state index in [1.807, 2.05) is 46.1 Å². The molecule has 0 bridgehead atoms. The Bertz CT molecular complexity index is 1500. The summed E-state index contributed by atoms with van der Waals surface area (Å²) in [6, 6.07) is 26.7. The van der Waals surface area contributed by atoms with Gasteiger partial charge in [-0.2, -0.15) is 5.10 Å². The Labute approximate surface area is 210 Å². The Balaban J connectivity index is 1.27. The molecule has 6 nitrogen and oxygen atoms in total. The van der Waals surface area contributed by atoms with Gasteiger partial charge in [-0.3, -0.25) is 9.48 Å². The zero-order chi connectivity index (χ0) is 24.5. The number of benzene rings is 3. The number of rotatable bonds is 6. The summed E-state index contributed by atoms with van der Waals surface area (Å²) >= 11 is 0. The van der Waals surface area contributed by atoms with Crippen LogP contribution in [0.3, 0.4) is 0 Å². The van der Waals surface area contributed by atoms with Crippen molar-refractivity contribution in [2.24, 2.45) is 0 Å². The van der Waals surface area contributed by atoms with Crippen molar-refractivity contribution in [1.82, 2.24) is 19.7 Å². The molecule has 6 rings (SSSR count). The van der Waals surface area contributed by atoms with Crippen molar-refractivity contribution in [3.05, 3.63) is 108 Å². The third kappa shape index (κ3) is 4.05. The van der Waals surface area contributed by atoms with E-state index in [0.717, 1.165) is 27.9 Å². The smallest absolute Gasteiger partial charge is 0.223 e. The number of methoxy groups -OCH3 is 1. The number of H-pyrrole nitrogens is 1. The summed E-state index contributed by atoms with van der Waals surface area (Å²) in [5.41, 5.74) is 6.82. The molecule has 1 N–H and O–H groups in total. The van der Waals surface area contributed by atoms with Crippen LogP contribution < -0.4 is 4.74 Å². The second-order valence-electron chi connectivity index (χ2n) is 9.23. The molecule has 0 saturated carbocycles. The van der Waals surface area contributed by atoms with Crippen molar-refractivity contribution in [2.45, 2.75) is 25.4 Å². The van der Waals surface area contributed by atoms with Crippen molar-refractivity contribution in [1.29, 1.82) is 0 Å². The first kappa shape index (κ1) is 22.2. The van der Waals surface area contributed by atoms with Crippen LogP contribution in [0.2, 0.25) is 0 Å². The minimum atomic E-state index is 0.0249. The first-order chi connectivity index (χ1) is 17.7. The predicted molar refractivity (Wildman–Crippen MR) is 141 cm³/mol. The molecule has 3 aromatic carbocycles. The highest BCUT2D eigenvalue weighted by molar-refractivity contribution is 5.91. The maximum Gasteiger partial charge on any atom is 0.223 e. The summed E-state index contributed by atoms with van der Waals surface area (Å²) in [4.78, 5) is 19.1. The molecule has 1 aliphatic rings. The van der Waals surface area contributed by atoms with Gasteiger partial charge in [0.2, 0.25) is 5.91 Å². The van der Waals surface area contributed by atoms with Gasteiger partial charge < -0.3 is 14.6 Å². The highest BCUT2D eigenvalue weighted by Gasteiger charge is 2.29. The van der Waals surface area contributed by atoms with Crippen LogP contribution in [0, 0.1) is 0 Å². The lowest BCUT2D eigenvalue weighted by molar-refractivity contribution is -0.132. The number of aromatic nitrogens is 3. The lowest BCUT2D eigenvalue weighted by atomic mass is 9.94. The van der Waals surface area contributed by atoms with Crippen LogP contribution in [0.25, 0.3) is 22.2 Å². The monoisotopic (exact) mass is 476 g/mol. The summed E-state index contributed by atoms with van der Waals surface area (Å²) in [5.74, 6) is 0.983. The fourth-order valence-electron chi connectivity index (χ4n) is 5.32. The number of hydrogen-bond donors (Lipinski definition) is 1. The topological polar surface area (TPSA) is 63.2 Å². The quantitative estimate of drug-likeness (QED) is 0.347. The van der Waals surface area contributed by atoms with Gasteiger partial charge in [0.05, 0.1) is 13.2 Å². The molecule has 3 heterocycles. The Kier molecular flexibility index (Phi) is 5.77. The van der Waals surface area contributed by atoms with Crippen molar-refractivity contribution in [3.8, 4) is 17.0 Å². The average Bonchev–Trinajstić information content (AvgIpc) is 3.60. The Morgan fingerprint density at radius 1 is 1.03 bits per heavy atom. The maximum atomic E-state index is 13.6. The molecule has 36 heavy (non-hydrogen) atoms. The molecule has 0 spiro atoms. The summed E-state index contributed by atoms with van der Waals surface area (Å²) in [5, 5.41) is 5.64. The van der Waals surface area contributed by atoms with E-state index in [2.05, 4.69) is 58.6 Å². The molecule has 1 aliphatic heterocycles. The first-order valence-electron chi connectivity index (χ1n) is 12.3. The zero-order valence-electron chi connectivity index (χ0n) is 20.2. The van der Waals surface area contributed by atoms with E-state index in [0.29, 0.717) is 25.9 Å². The second-order valence-corrected chi connectivity index (χ2v) is 9.23. The largest absolute Gasteiger partial charge is 0.497 e. The fourth-order valence-corrected chi connectivity index (χ4v) is 5.32. The van der Waals surface area contributed by atoms with Crippen molar-refractivity contribution >= 4 is 16.8 Å². The molecule has 1 atom stereocenters. The van der Waals surface area contributed by atoms with Crippen LogP contribution in [0.1, 0.15) is 29.2 Å². The summed E-state index contributed by atoms with van der Waals surface area (Å²) in [6.45, 7) is 1.25. The number of aromatic amines is 1. The number of para-hydroxylation sites is 1. The molecule has 6 heteroatoms. The van der Waals surface area contributed by atoms with Gasteiger partial charge >= 0.3 is 0 Å². The molecule has 0 aliphatic carbocycles. The molecule has 1 unspecified atom stereocenters. The summed E-state index contributed by atoms with van der Waals surface area (Å²) in [6.07, 6.45) is 4.87. The highest BCUT2D eigenvalue weighted by Crippen LogP contribution is 2.33. The van der Waals surface area contributed by atoms with Crippen molar-refractivity contribution < 1.29 is 9.53 Å². The summed E-state index contributed by atoms with van der Waals surface area (Å²) in [7, 11) is 1.67. The lowest BCUT2D eigenvalue weighted by Crippen LogP contribution is -2.40. The number of carbonyl (C=O) groups excluding carboxylic acids is 1. The highest BCUT2D eigenvalue weighted by atomic mass is 16.5. The van der Waals surface area contributed by atoms with Crippen molar-refractivity contribution in [2.75, 3.05) is 13.7 Å². The van der Waals surface area contributed by atoms with E-state index in [1.54, 1.807) is 13.3 Å². The van der Waals surface area contributed by atoms with Crippen LogP contribution in [-0.2, 0) is 17.8 Å². The van der Waals surface area contributed by atoms with E-state index in [9.17, 15) is 4.79 Å². The number of fused-ring (bicyclic) bond motifs is 2. The van der Waals surface area contributed by atoms with Gasteiger partial charge in [0.1, 0.15) is 5.75 Å². The van der Waals surface area contributed by atoms with Crippen LogP contribution in [0.15, 0.2) is 91.3 Å². The maximum absolute atomic E-state index is 13.6. The lowest BCUT2D eigenvalue weighted by Gasteiger charge is -2.35. The number of nitrogens with zero attached hydrogens (tertiary/aromatic N) is 3. The normalized spacial score (nSPS) is 15.1. The molecule has 2 aromatic heterocycles. The Hall–Kier alpha value is -4.32. The molecule has 180 valence electrons. The van der Waals surface area contributed by atoms with E-state index < -0.39 is 0 Å². The van der Waals surface area contributed by atoms with Gasteiger partial charge in [-0.1, -0.05) is 42.5 Å². The molecule has 5 aromatic rings. The van der Waals surface area contributed by atoms with Gasteiger partial charge in [0, 0.05) is 48.5 Å². The zero-order valence-corrected chi connectivity index (χ0v) is 20.2. The number of ether oxygens (including phenoxy) is 1. The number of carbonyl (C=O) groups is 1. The summed E-state index contributed by atoms with van der Waals surface area (Å²) < 4.78 is 7.29.